The Morgan fingerprint density at radius 3 is 2.25 bits per heavy atom. The van der Waals surface area contributed by atoms with Crippen molar-refractivity contribution in [1.29, 1.82) is 0 Å². The number of hydrogen-bond acceptors (Lipinski definition) is 2. The number of aryl methyl sites for hydroxylation is 1. The van der Waals surface area contributed by atoms with E-state index in [-0.39, 0.29) is 12.5 Å². The lowest BCUT2D eigenvalue weighted by molar-refractivity contribution is 0.216. The maximum absolute atomic E-state index is 9.80. The molecule has 0 amide bonds. The lowest BCUT2D eigenvalue weighted by Gasteiger charge is -2.24. The third kappa shape index (κ3) is 5.77. The lowest BCUT2D eigenvalue weighted by atomic mass is 9.94. The zero-order chi connectivity index (χ0) is 17.4. The molecule has 0 bridgehead atoms. The van der Waals surface area contributed by atoms with Crippen LogP contribution < -0.4 is 5.32 Å². The summed E-state index contributed by atoms with van der Waals surface area (Å²) in [6, 6.07) is 19.4. The molecule has 0 aliphatic carbocycles. The van der Waals surface area contributed by atoms with Gasteiger partial charge in [-0.2, -0.15) is 0 Å². The van der Waals surface area contributed by atoms with Gasteiger partial charge in [0.15, 0.2) is 0 Å². The summed E-state index contributed by atoms with van der Waals surface area (Å²) >= 11 is 0. The highest BCUT2D eigenvalue weighted by molar-refractivity contribution is 5.26. The number of benzene rings is 2. The Labute approximate surface area is 146 Å². The van der Waals surface area contributed by atoms with Crippen LogP contribution in [0.1, 0.15) is 43.0 Å². The Bertz CT molecular complexity index is 594. The van der Waals surface area contributed by atoms with Crippen LogP contribution in [0.15, 0.2) is 54.6 Å². The molecule has 0 spiro atoms. The van der Waals surface area contributed by atoms with E-state index in [9.17, 15) is 5.11 Å². The molecule has 0 aromatic heterocycles. The van der Waals surface area contributed by atoms with Crippen LogP contribution in [-0.2, 0) is 6.42 Å². The molecule has 0 aliphatic heterocycles. The molecule has 2 nitrogen and oxygen atoms in total. The van der Waals surface area contributed by atoms with Gasteiger partial charge < -0.3 is 10.4 Å². The molecule has 0 heterocycles. The van der Waals surface area contributed by atoms with Crippen LogP contribution in [0.2, 0.25) is 0 Å². The zero-order valence-electron chi connectivity index (χ0n) is 15.2. The van der Waals surface area contributed by atoms with Gasteiger partial charge in [0.2, 0.25) is 0 Å². The monoisotopic (exact) mass is 325 g/mol. The highest BCUT2D eigenvalue weighted by Crippen LogP contribution is 2.22. The quantitative estimate of drug-likeness (QED) is 0.710. The third-order valence-electron chi connectivity index (χ3n) is 4.59. The van der Waals surface area contributed by atoms with E-state index < -0.39 is 0 Å². The van der Waals surface area contributed by atoms with E-state index in [1.165, 1.54) is 16.7 Å². The Balaban J connectivity index is 1.99. The van der Waals surface area contributed by atoms with E-state index in [4.69, 9.17) is 0 Å². The summed E-state index contributed by atoms with van der Waals surface area (Å²) in [7, 11) is 0. The van der Waals surface area contributed by atoms with Gasteiger partial charge in [-0.3, -0.25) is 0 Å². The van der Waals surface area contributed by atoms with Crippen LogP contribution in [0.4, 0.5) is 0 Å². The SMILES string of the molecule is Cc1ccccc1CC(CO)CNC(CC(C)C)c1ccccc1. The molecule has 0 saturated heterocycles. The molecule has 2 unspecified atom stereocenters. The molecular weight excluding hydrogens is 294 g/mol. The minimum atomic E-state index is 0.213. The minimum Gasteiger partial charge on any atom is -0.396 e. The summed E-state index contributed by atoms with van der Waals surface area (Å²) in [6.45, 7) is 7.70. The van der Waals surface area contributed by atoms with E-state index in [1.807, 2.05) is 0 Å². The molecule has 24 heavy (non-hydrogen) atoms. The molecular formula is C22H31NO. The molecule has 2 aromatic carbocycles. The normalized spacial score (nSPS) is 13.9. The van der Waals surface area contributed by atoms with Crippen LogP contribution >= 0.6 is 0 Å². The van der Waals surface area contributed by atoms with Gasteiger partial charge in [0.05, 0.1) is 0 Å². The largest absolute Gasteiger partial charge is 0.396 e. The third-order valence-corrected chi connectivity index (χ3v) is 4.59. The van der Waals surface area contributed by atoms with Gasteiger partial charge in [0.25, 0.3) is 0 Å². The van der Waals surface area contributed by atoms with E-state index in [2.05, 4.69) is 80.7 Å². The molecule has 2 heteroatoms. The Morgan fingerprint density at radius 2 is 1.62 bits per heavy atom. The summed E-state index contributed by atoms with van der Waals surface area (Å²) < 4.78 is 0. The Kier molecular flexibility index (Phi) is 7.48. The van der Waals surface area contributed by atoms with Gasteiger partial charge in [-0.25, -0.2) is 0 Å². The minimum absolute atomic E-state index is 0.213. The van der Waals surface area contributed by atoms with E-state index in [0.717, 1.165) is 19.4 Å². The van der Waals surface area contributed by atoms with Crippen LogP contribution in [0.25, 0.3) is 0 Å². The molecule has 130 valence electrons. The van der Waals surface area contributed by atoms with Crippen LogP contribution in [0, 0.1) is 18.8 Å². The second-order valence-electron chi connectivity index (χ2n) is 7.18. The molecule has 2 rings (SSSR count). The highest BCUT2D eigenvalue weighted by atomic mass is 16.3. The highest BCUT2D eigenvalue weighted by Gasteiger charge is 2.16. The summed E-state index contributed by atoms with van der Waals surface area (Å²) in [6.07, 6.45) is 2.02. The number of hydrogen-bond donors (Lipinski definition) is 2. The van der Waals surface area contributed by atoms with E-state index in [0.29, 0.717) is 12.0 Å². The van der Waals surface area contributed by atoms with Gasteiger partial charge >= 0.3 is 0 Å². The van der Waals surface area contributed by atoms with Crippen molar-refractivity contribution >= 4 is 0 Å². The number of rotatable bonds is 9. The van der Waals surface area contributed by atoms with Crippen molar-refractivity contribution in [2.45, 2.75) is 39.7 Å². The predicted molar refractivity (Wildman–Crippen MR) is 102 cm³/mol. The predicted octanol–water partition coefficient (Wildman–Crippen LogP) is 4.52. The van der Waals surface area contributed by atoms with Gasteiger partial charge in [0.1, 0.15) is 0 Å². The van der Waals surface area contributed by atoms with Crippen molar-refractivity contribution in [1.82, 2.24) is 5.32 Å². The van der Waals surface area contributed by atoms with Gasteiger partial charge in [-0.15, -0.1) is 0 Å². The molecule has 0 aliphatic rings. The molecule has 0 fully saturated rings. The first kappa shape index (κ1) is 18.7. The van der Waals surface area contributed by atoms with Crippen molar-refractivity contribution in [2.75, 3.05) is 13.2 Å². The summed E-state index contributed by atoms with van der Waals surface area (Å²) in [5.41, 5.74) is 3.97. The standard InChI is InChI=1S/C22H31NO/c1-17(2)13-22(20-10-5-4-6-11-20)23-15-19(16-24)14-21-12-8-7-9-18(21)3/h4-12,17,19,22-24H,13-16H2,1-3H3. The number of aliphatic hydroxyl groups excluding tert-OH is 1. The average molecular weight is 325 g/mol. The van der Waals surface area contributed by atoms with Crippen molar-refractivity contribution in [3.05, 3.63) is 71.3 Å². The van der Waals surface area contributed by atoms with Gasteiger partial charge in [0, 0.05) is 19.2 Å². The fraction of sp³-hybridized carbons (Fsp3) is 0.455. The van der Waals surface area contributed by atoms with Crippen molar-refractivity contribution in [3.63, 3.8) is 0 Å². The second-order valence-corrected chi connectivity index (χ2v) is 7.18. The molecule has 0 saturated carbocycles. The lowest BCUT2D eigenvalue weighted by Crippen LogP contribution is -2.31. The molecule has 2 atom stereocenters. The Morgan fingerprint density at radius 1 is 0.958 bits per heavy atom. The van der Waals surface area contributed by atoms with E-state index in [1.54, 1.807) is 0 Å². The maximum Gasteiger partial charge on any atom is 0.0474 e. The smallest absolute Gasteiger partial charge is 0.0474 e. The van der Waals surface area contributed by atoms with Crippen molar-refractivity contribution < 1.29 is 5.11 Å². The summed E-state index contributed by atoms with van der Waals surface area (Å²) in [5, 5.41) is 13.5. The van der Waals surface area contributed by atoms with Crippen LogP contribution in [-0.4, -0.2) is 18.3 Å². The molecule has 0 radical (unpaired) electrons. The van der Waals surface area contributed by atoms with Crippen LogP contribution in [0.3, 0.4) is 0 Å². The first-order valence-corrected chi connectivity index (χ1v) is 9.03. The average Bonchev–Trinajstić information content (AvgIpc) is 2.59. The van der Waals surface area contributed by atoms with E-state index >= 15 is 0 Å². The maximum atomic E-state index is 9.80. The molecule has 2 N–H and O–H groups in total. The van der Waals surface area contributed by atoms with Crippen molar-refractivity contribution in [2.24, 2.45) is 11.8 Å². The summed E-state index contributed by atoms with van der Waals surface area (Å²) in [4.78, 5) is 0. The topological polar surface area (TPSA) is 32.3 Å². The fourth-order valence-corrected chi connectivity index (χ4v) is 3.15. The first-order valence-electron chi connectivity index (χ1n) is 9.03. The first-order chi connectivity index (χ1) is 11.6. The van der Waals surface area contributed by atoms with Gasteiger partial charge in [-0.1, -0.05) is 68.4 Å². The van der Waals surface area contributed by atoms with Crippen LogP contribution in [0.5, 0.6) is 0 Å². The summed E-state index contributed by atoms with van der Waals surface area (Å²) in [5.74, 6) is 0.871. The number of aliphatic hydroxyl groups is 1. The Hall–Kier alpha value is -1.64. The molecule has 2 aromatic rings. The second kappa shape index (κ2) is 9.61. The fourth-order valence-electron chi connectivity index (χ4n) is 3.15. The zero-order valence-corrected chi connectivity index (χ0v) is 15.2. The van der Waals surface area contributed by atoms with Crippen molar-refractivity contribution in [3.8, 4) is 0 Å². The van der Waals surface area contributed by atoms with Gasteiger partial charge in [-0.05, 0) is 48.3 Å². The number of nitrogens with one attached hydrogen (secondary N) is 1.